The number of nitrogens with zero attached hydrogens (tertiary/aromatic N) is 1. The summed E-state index contributed by atoms with van der Waals surface area (Å²) in [4.78, 5) is 14.9. The number of hydrogen-bond acceptors (Lipinski definition) is 2. The first-order chi connectivity index (χ1) is 5.77. The first kappa shape index (κ1) is 7.55. The molecule has 1 aliphatic heterocycles. The van der Waals surface area contributed by atoms with Crippen molar-refractivity contribution in [1.29, 1.82) is 0 Å². The van der Waals surface area contributed by atoms with Crippen molar-refractivity contribution in [2.24, 2.45) is 0 Å². The average molecular weight is 183 g/mol. The second kappa shape index (κ2) is 2.75. The summed E-state index contributed by atoms with van der Waals surface area (Å²) in [6.07, 6.45) is 2.78. The fraction of sp³-hybridized carbons (Fsp3) is 0.250. The molecular formula is C8H7ClN2O. The predicted octanol–water partition coefficient (Wildman–Crippen LogP) is 1.62. The van der Waals surface area contributed by atoms with E-state index in [1.54, 1.807) is 12.3 Å². The van der Waals surface area contributed by atoms with Crippen LogP contribution in [0.2, 0.25) is 5.15 Å². The van der Waals surface area contributed by atoms with Crippen molar-refractivity contribution >= 4 is 23.2 Å². The highest BCUT2D eigenvalue weighted by Crippen LogP contribution is 2.26. The monoisotopic (exact) mass is 182 g/mol. The van der Waals surface area contributed by atoms with E-state index in [-0.39, 0.29) is 5.91 Å². The van der Waals surface area contributed by atoms with Gasteiger partial charge in [0.25, 0.3) is 0 Å². The number of aromatic nitrogens is 1. The van der Waals surface area contributed by atoms with Crippen LogP contribution in [0.4, 0.5) is 5.69 Å². The van der Waals surface area contributed by atoms with Crippen molar-refractivity contribution in [1.82, 2.24) is 4.98 Å². The summed E-state index contributed by atoms with van der Waals surface area (Å²) < 4.78 is 0. The lowest BCUT2D eigenvalue weighted by atomic mass is 10.1. The van der Waals surface area contributed by atoms with Gasteiger partial charge in [0, 0.05) is 23.9 Å². The van der Waals surface area contributed by atoms with E-state index in [0.717, 1.165) is 11.3 Å². The van der Waals surface area contributed by atoms with Gasteiger partial charge in [-0.25, -0.2) is 4.98 Å². The highest BCUT2D eigenvalue weighted by Gasteiger charge is 2.16. The number of anilines is 1. The number of carbonyl (C=O) groups is 1. The summed E-state index contributed by atoms with van der Waals surface area (Å²) in [6, 6.07) is 1.76. The van der Waals surface area contributed by atoms with E-state index in [1.165, 1.54) is 0 Å². The van der Waals surface area contributed by atoms with Gasteiger partial charge >= 0.3 is 0 Å². The first-order valence-electron chi connectivity index (χ1n) is 3.70. The molecular weight excluding hydrogens is 176 g/mol. The summed E-state index contributed by atoms with van der Waals surface area (Å²) in [5, 5.41) is 3.23. The molecule has 1 aromatic heterocycles. The minimum Gasteiger partial charge on any atom is -0.326 e. The zero-order valence-electron chi connectivity index (χ0n) is 6.30. The number of halogens is 1. The molecule has 12 heavy (non-hydrogen) atoms. The van der Waals surface area contributed by atoms with Crippen LogP contribution in [-0.2, 0) is 11.2 Å². The molecule has 62 valence electrons. The molecule has 0 saturated heterocycles. The van der Waals surface area contributed by atoms with Crippen LogP contribution in [0.25, 0.3) is 0 Å². The zero-order valence-corrected chi connectivity index (χ0v) is 7.06. The van der Waals surface area contributed by atoms with Gasteiger partial charge < -0.3 is 5.32 Å². The van der Waals surface area contributed by atoms with Gasteiger partial charge in [-0.15, -0.1) is 0 Å². The van der Waals surface area contributed by atoms with Crippen molar-refractivity contribution in [3.8, 4) is 0 Å². The Kier molecular flexibility index (Phi) is 1.73. The second-order valence-corrected chi connectivity index (χ2v) is 3.03. The highest BCUT2D eigenvalue weighted by molar-refractivity contribution is 6.30. The summed E-state index contributed by atoms with van der Waals surface area (Å²) >= 11 is 5.83. The molecule has 0 saturated carbocycles. The molecule has 1 aliphatic rings. The van der Waals surface area contributed by atoms with Crippen molar-refractivity contribution in [3.63, 3.8) is 0 Å². The van der Waals surface area contributed by atoms with Crippen molar-refractivity contribution < 1.29 is 4.79 Å². The minimum absolute atomic E-state index is 0.0461. The molecule has 0 aromatic carbocycles. The van der Waals surface area contributed by atoms with Gasteiger partial charge in [-0.1, -0.05) is 11.6 Å². The SMILES string of the molecule is O=C1CCc2c(ccnc2Cl)N1. The molecule has 2 heterocycles. The summed E-state index contributed by atoms with van der Waals surface area (Å²) in [5.74, 6) is 0.0461. The normalized spacial score (nSPS) is 15.2. The van der Waals surface area contributed by atoms with Gasteiger partial charge in [-0.2, -0.15) is 0 Å². The van der Waals surface area contributed by atoms with Gasteiger partial charge in [-0.3, -0.25) is 4.79 Å². The van der Waals surface area contributed by atoms with E-state index in [0.29, 0.717) is 18.0 Å². The lowest BCUT2D eigenvalue weighted by Gasteiger charge is -2.16. The maximum Gasteiger partial charge on any atom is 0.224 e. The Morgan fingerprint density at radius 2 is 2.33 bits per heavy atom. The van der Waals surface area contributed by atoms with Crippen molar-refractivity contribution in [2.75, 3.05) is 5.32 Å². The van der Waals surface area contributed by atoms with Gasteiger partial charge in [0.2, 0.25) is 5.91 Å². The highest BCUT2D eigenvalue weighted by atomic mass is 35.5. The average Bonchev–Trinajstić information content (AvgIpc) is 2.04. The standard InChI is InChI=1S/C8H7ClN2O/c9-8-5-1-2-7(12)11-6(5)3-4-10-8/h3-4H,1-2H2,(H,11,12). The third-order valence-electron chi connectivity index (χ3n) is 1.88. The van der Waals surface area contributed by atoms with Crippen LogP contribution < -0.4 is 5.32 Å². The Balaban J connectivity index is 2.48. The van der Waals surface area contributed by atoms with E-state index in [9.17, 15) is 4.79 Å². The topological polar surface area (TPSA) is 42.0 Å². The quantitative estimate of drug-likeness (QED) is 0.620. The summed E-state index contributed by atoms with van der Waals surface area (Å²) in [6.45, 7) is 0. The van der Waals surface area contributed by atoms with Crippen LogP contribution in [-0.4, -0.2) is 10.9 Å². The number of nitrogens with one attached hydrogen (secondary N) is 1. The van der Waals surface area contributed by atoms with Crippen molar-refractivity contribution in [2.45, 2.75) is 12.8 Å². The number of hydrogen-bond donors (Lipinski definition) is 1. The summed E-state index contributed by atoms with van der Waals surface area (Å²) in [7, 11) is 0. The van der Waals surface area contributed by atoms with E-state index >= 15 is 0 Å². The fourth-order valence-electron chi connectivity index (χ4n) is 1.27. The number of amides is 1. The van der Waals surface area contributed by atoms with Gasteiger partial charge in [0.15, 0.2) is 0 Å². The molecule has 4 heteroatoms. The molecule has 0 unspecified atom stereocenters. The Labute approximate surface area is 74.8 Å². The predicted molar refractivity (Wildman–Crippen MR) is 46.2 cm³/mol. The summed E-state index contributed by atoms with van der Waals surface area (Å²) in [5.41, 5.74) is 1.74. The Bertz CT molecular complexity index is 338. The first-order valence-corrected chi connectivity index (χ1v) is 4.08. The Morgan fingerprint density at radius 3 is 3.17 bits per heavy atom. The van der Waals surface area contributed by atoms with Crippen LogP contribution >= 0.6 is 11.6 Å². The van der Waals surface area contributed by atoms with Crippen molar-refractivity contribution in [3.05, 3.63) is 23.0 Å². The van der Waals surface area contributed by atoms with Crippen LogP contribution in [0.15, 0.2) is 12.3 Å². The van der Waals surface area contributed by atoms with Gasteiger partial charge in [0.1, 0.15) is 5.15 Å². The van der Waals surface area contributed by atoms with Gasteiger partial charge in [0.05, 0.1) is 0 Å². The molecule has 0 radical (unpaired) electrons. The maximum absolute atomic E-state index is 11.0. The lowest BCUT2D eigenvalue weighted by Crippen LogP contribution is -2.19. The van der Waals surface area contributed by atoms with Crippen LogP contribution in [0.5, 0.6) is 0 Å². The molecule has 1 aromatic rings. The van der Waals surface area contributed by atoms with E-state index in [1.807, 2.05) is 0 Å². The molecule has 0 atom stereocenters. The molecule has 1 amide bonds. The lowest BCUT2D eigenvalue weighted by molar-refractivity contribution is -0.116. The molecule has 0 spiro atoms. The largest absolute Gasteiger partial charge is 0.326 e. The molecule has 1 N–H and O–H groups in total. The third-order valence-corrected chi connectivity index (χ3v) is 2.21. The van der Waals surface area contributed by atoms with Crippen LogP contribution in [0.3, 0.4) is 0 Å². The second-order valence-electron chi connectivity index (χ2n) is 2.68. The molecule has 0 aliphatic carbocycles. The van der Waals surface area contributed by atoms with E-state index in [2.05, 4.69) is 10.3 Å². The molecule has 0 bridgehead atoms. The minimum atomic E-state index is 0.0461. The maximum atomic E-state index is 11.0. The van der Waals surface area contributed by atoms with Crippen LogP contribution in [0, 0.1) is 0 Å². The molecule has 0 fully saturated rings. The van der Waals surface area contributed by atoms with Gasteiger partial charge in [-0.05, 0) is 12.5 Å². The van der Waals surface area contributed by atoms with Crippen LogP contribution in [0.1, 0.15) is 12.0 Å². The smallest absolute Gasteiger partial charge is 0.224 e. The third kappa shape index (κ3) is 1.16. The Hall–Kier alpha value is -1.09. The molecule has 3 nitrogen and oxygen atoms in total. The number of fused-ring (bicyclic) bond motifs is 1. The fourth-order valence-corrected chi connectivity index (χ4v) is 1.53. The number of carbonyl (C=O) groups excluding carboxylic acids is 1. The van der Waals surface area contributed by atoms with E-state index < -0.39 is 0 Å². The number of pyridine rings is 1. The Morgan fingerprint density at radius 1 is 1.50 bits per heavy atom. The number of rotatable bonds is 0. The molecule has 2 rings (SSSR count). The zero-order chi connectivity index (χ0) is 8.55. The van der Waals surface area contributed by atoms with E-state index in [4.69, 9.17) is 11.6 Å².